The van der Waals surface area contributed by atoms with Crippen LogP contribution in [0.25, 0.3) is 5.69 Å². The summed E-state index contributed by atoms with van der Waals surface area (Å²) in [5.41, 5.74) is 3.11. The normalized spacial score (nSPS) is 14.7. The van der Waals surface area contributed by atoms with Gasteiger partial charge in [0.05, 0.1) is 12.2 Å². The van der Waals surface area contributed by atoms with Crippen LogP contribution in [0.5, 0.6) is 0 Å². The smallest absolute Gasteiger partial charge is 0.322 e. The molecule has 200 valence electrons. The molecule has 1 aliphatic heterocycles. The van der Waals surface area contributed by atoms with Gasteiger partial charge in [-0.25, -0.2) is 14.2 Å². The minimum absolute atomic E-state index is 0.0370. The zero-order chi connectivity index (χ0) is 27.5. The Balaban J connectivity index is 1.37. The summed E-state index contributed by atoms with van der Waals surface area (Å²) in [4.78, 5) is 34.6. The molecule has 0 radical (unpaired) electrons. The van der Waals surface area contributed by atoms with Gasteiger partial charge < -0.3 is 25.0 Å². The molecule has 0 bridgehead atoms. The van der Waals surface area contributed by atoms with Crippen LogP contribution in [0.2, 0.25) is 5.02 Å². The van der Waals surface area contributed by atoms with Crippen molar-refractivity contribution in [1.82, 2.24) is 19.4 Å². The molecule has 1 aliphatic rings. The Morgan fingerprint density at radius 3 is 2.51 bits per heavy atom. The van der Waals surface area contributed by atoms with Crippen molar-refractivity contribution in [1.29, 1.82) is 0 Å². The molecule has 1 aromatic heterocycles. The van der Waals surface area contributed by atoms with Gasteiger partial charge in [0.2, 0.25) is 5.91 Å². The zero-order valence-electron chi connectivity index (χ0n) is 21.6. The first-order valence-electron chi connectivity index (χ1n) is 12.5. The highest BCUT2D eigenvalue weighted by atomic mass is 35.5. The van der Waals surface area contributed by atoms with Crippen molar-refractivity contribution in [2.75, 3.05) is 24.7 Å². The molecule has 3 amide bonds. The van der Waals surface area contributed by atoms with E-state index >= 15 is 4.39 Å². The van der Waals surface area contributed by atoms with Crippen molar-refractivity contribution in [2.24, 2.45) is 0 Å². The van der Waals surface area contributed by atoms with E-state index in [9.17, 15) is 9.59 Å². The van der Waals surface area contributed by atoms with Crippen molar-refractivity contribution in [3.05, 3.63) is 107 Å². The minimum atomic E-state index is -0.841. The number of hydrogen-bond donors (Lipinski definition) is 2. The van der Waals surface area contributed by atoms with Gasteiger partial charge in [0.25, 0.3) is 0 Å². The fraction of sp³-hybridized carbons (Fsp3) is 0.207. The third-order valence-corrected chi connectivity index (χ3v) is 6.82. The summed E-state index contributed by atoms with van der Waals surface area (Å²) >= 11 is 5.96. The average Bonchev–Trinajstić information content (AvgIpc) is 3.37. The quantitative estimate of drug-likeness (QED) is 0.343. The number of carbonyl (C=O) groups excluding carboxylic acids is 2. The van der Waals surface area contributed by atoms with E-state index in [1.54, 1.807) is 47.3 Å². The van der Waals surface area contributed by atoms with Crippen molar-refractivity contribution in [2.45, 2.75) is 25.6 Å². The fourth-order valence-corrected chi connectivity index (χ4v) is 4.77. The van der Waals surface area contributed by atoms with E-state index < -0.39 is 23.8 Å². The number of rotatable bonds is 6. The van der Waals surface area contributed by atoms with Crippen LogP contribution >= 0.6 is 11.6 Å². The van der Waals surface area contributed by atoms with E-state index in [2.05, 4.69) is 15.6 Å². The van der Waals surface area contributed by atoms with Gasteiger partial charge in [0.15, 0.2) is 0 Å². The van der Waals surface area contributed by atoms with Crippen LogP contribution in [0.15, 0.2) is 79.1 Å². The topological polar surface area (TPSA) is 82.5 Å². The number of amides is 3. The van der Waals surface area contributed by atoms with Gasteiger partial charge in [0, 0.05) is 47.8 Å². The van der Waals surface area contributed by atoms with E-state index in [1.807, 2.05) is 43.3 Å². The van der Waals surface area contributed by atoms with Crippen LogP contribution < -0.4 is 10.6 Å². The summed E-state index contributed by atoms with van der Waals surface area (Å²) in [5, 5.41) is 6.08. The van der Waals surface area contributed by atoms with Crippen LogP contribution in [0.1, 0.15) is 17.0 Å². The van der Waals surface area contributed by atoms with Gasteiger partial charge in [-0.05, 0) is 61.6 Å². The van der Waals surface area contributed by atoms with Crippen molar-refractivity contribution in [3.63, 3.8) is 0 Å². The Bertz CT molecular complexity index is 1500. The maximum absolute atomic E-state index is 15.2. The summed E-state index contributed by atoms with van der Waals surface area (Å²) in [6, 6.07) is 17.7. The maximum Gasteiger partial charge on any atom is 0.322 e. The van der Waals surface area contributed by atoms with Crippen molar-refractivity contribution in [3.8, 4) is 5.69 Å². The van der Waals surface area contributed by atoms with Crippen LogP contribution in [0, 0.1) is 5.82 Å². The molecule has 8 nitrogen and oxygen atoms in total. The number of imidazole rings is 1. The minimum Gasteiger partial charge on any atom is -0.322 e. The number of halogens is 2. The largest absolute Gasteiger partial charge is 0.322 e. The lowest BCUT2D eigenvalue weighted by Crippen LogP contribution is -2.52. The molecule has 1 unspecified atom stereocenters. The number of carbonyl (C=O) groups is 2. The van der Waals surface area contributed by atoms with Gasteiger partial charge in [-0.3, -0.25) is 4.79 Å². The van der Waals surface area contributed by atoms with Crippen molar-refractivity contribution >= 4 is 34.9 Å². The molecule has 0 aliphatic carbocycles. The summed E-state index contributed by atoms with van der Waals surface area (Å²) in [6.45, 7) is 0.828. The number of nitrogens with zero attached hydrogens (tertiary/aromatic N) is 4. The molecular weight excluding hydrogens is 519 g/mol. The van der Waals surface area contributed by atoms with Crippen LogP contribution in [0.4, 0.5) is 20.6 Å². The SMILES string of the molecule is CN(C)Cc1nccn1-c1ccc(NC(=O)C2Cc3ccccc3CN2C(=O)Nc2ccc(Cl)cc2)c(F)c1. The monoisotopic (exact) mass is 546 g/mol. The number of nitrogens with one attached hydrogen (secondary N) is 2. The second kappa shape index (κ2) is 11.3. The molecule has 10 heteroatoms. The lowest BCUT2D eigenvalue weighted by molar-refractivity contribution is -0.120. The number of urea groups is 1. The predicted octanol–water partition coefficient (Wildman–Crippen LogP) is 5.32. The number of aromatic nitrogens is 2. The first kappa shape index (κ1) is 26.4. The molecule has 0 fully saturated rings. The molecule has 1 atom stereocenters. The summed E-state index contributed by atoms with van der Waals surface area (Å²) in [6.07, 6.45) is 3.73. The zero-order valence-corrected chi connectivity index (χ0v) is 22.3. The number of hydrogen-bond acceptors (Lipinski definition) is 4. The van der Waals surface area contributed by atoms with Gasteiger partial charge in [0.1, 0.15) is 17.7 Å². The maximum atomic E-state index is 15.2. The Morgan fingerprint density at radius 2 is 1.79 bits per heavy atom. The van der Waals surface area contributed by atoms with Gasteiger partial charge in [-0.1, -0.05) is 35.9 Å². The Morgan fingerprint density at radius 1 is 1.05 bits per heavy atom. The lowest BCUT2D eigenvalue weighted by atomic mass is 9.93. The van der Waals surface area contributed by atoms with Crippen LogP contribution in [-0.2, 0) is 24.3 Å². The molecule has 3 aromatic carbocycles. The standard InChI is InChI=1S/C29H28ClFN6O2/c1-35(2)18-27-32-13-14-36(27)23-11-12-25(24(31)16-23)34-28(38)26-15-19-5-3-4-6-20(19)17-37(26)29(39)33-22-9-7-21(30)8-10-22/h3-14,16,26H,15,17-18H2,1-2H3,(H,33,39)(H,34,38). The highest BCUT2D eigenvalue weighted by Gasteiger charge is 2.35. The van der Waals surface area contributed by atoms with Gasteiger partial charge in [-0.15, -0.1) is 0 Å². The molecule has 4 aromatic rings. The van der Waals surface area contributed by atoms with Crippen LogP contribution in [-0.4, -0.2) is 51.4 Å². The number of benzene rings is 3. The number of anilines is 2. The summed E-state index contributed by atoms with van der Waals surface area (Å²) in [5.74, 6) is -0.295. The molecule has 5 rings (SSSR count). The fourth-order valence-electron chi connectivity index (χ4n) is 4.64. The summed E-state index contributed by atoms with van der Waals surface area (Å²) in [7, 11) is 3.86. The molecule has 39 heavy (non-hydrogen) atoms. The summed E-state index contributed by atoms with van der Waals surface area (Å²) < 4.78 is 17.0. The third kappa shape index (κ3) is 5.94. The van der Waals surface area contributed by atoms with Crippen LogP contribution in [0.3, 0.4) is 0 Å². The molecule has 0 saturated heterocycles. The first-order valence-corrected chi connectivity index (χ1v) is 12.8. The molecular formula is C29H28ClFN6O2. The Labute approximate surface area is 231 Å². The van der Waals surface area contributed by atoms with E-state index in [0.29, 0.717) is 29.4 Å². The van der Waals surface area contributed by atoms with E-state index in [0.717, 1.165) is 17.0 Å². The van der Waals surface area contributed by atoms with Gasteiger partial charge >= 0.3 is 6.03 Å². The molecule has 2 heterocycles. The third-order valence-electron chi connectivity index (χ3n) is 6.57. The molecule has 2 N–H and O–H groups in total. The lowest BCUT2D eigenvalue weighted by Gasteiger charge is -2.36. The highest BCUT2D eigenvalue weighted by molar-refractivity contribution is 6.30. The number of fused-ring (bicyclic) bond motifs is 1. The van der Waals surface area contributed by atoms with E-state index in [4.69, 9.17) is 11.6 Å². The van der Waals surface area contributed by atoms with Gasteiger partial charge in [-0.2, -0.15) is 0 Å². The van der Waals surface area contributed by atoms with Crippen molar-refractivity contribution < 1.29 is 14.0 Å². The molecule has 0 spiro atoms. The second-order valence-corrected chi connectivity index (χ2v) is 10.1. The Kier molecular flexibility index (Phi) is 7.63. The average molecular weight is 547 g/mol. The van der Waals surface area contributed by atoms with E-state index in [1.165, 1.54) is 17.0 Å². The highest BCUT2D eigenvalue weighted by Crippen LogP contribution is 2.27. The van der Waals surface area contributed by atoms with E-state index in [-0.39, 0.29) is 12.2 Å². The molecule has 0 saturated carbocycles. The predicted molar refractivity (Wildman–Crippen MR) is 149 cm³/mol. The Hall–Kier alpha value is -4.21. The first-order chi connectivity index (χ1) is 18.8. The second-order valence-electron chi connectivity index (χ2n) is 9.66.